The Morgan fingerprint density at radius 1 is 0.753 bits per heavy atom. The second-order valence-corrected chi connectivity index (χ2v) is 26.9. The number of tetrazole rings is 2. The van der Waals surface area contributed by atoms with E-state index in [1.807, 2.05) is 102 Å². The molecule has 0 radical (unpaired) electrons. The summed E-state index contributed by atoms with van der Waals surface area (Å²) in [5, 5.41) is 32.4. The van der Waals surface area contributed by atoms with Crippen LogP contribution in [0.4, 0.5) is 16.7 Å². The molecule has 8 aromatic rings. The molecule has 0 spiro atoms. The highest BCUT2D eigenvalue weighted by Crippen LogP contribution is 2.34. The van der Waals surface area contributed by atoms with Crippen molar-refractivity contribution >= 4 is 48.1 Å². The molecule has 1 saturated carbocycles. The van der Waals surface area contributed by atoms with E-state index in [-0.39, 0.29) is 12.1 Å². The summed E-state index contributed by atoms with van der Waals surface area (Å²) in [6.07, 6.45) is 15.4. The van der Waals surface area contributed by atoms with Crippen molar-refractivity contribution in [3.63, 3.8) is 0 Å². The lowest BCUT2D eigenvalue weighted by Gasteiger charge is -2.34. The van der Waals surface area contributed by atoms with Gasteiger partial charge in [-0.2, -0.15) is 9.36 Å². The van der Waals surface area contributed by atoms with Crippen LogP contribution in [0.15, 0.2) is 49.1 Å². The molecule has 1 aliphatic heterocycles. The monoisotopic (exact) mass is 1010 g/mol. The van der Waals surface area contributed by atoms with Gasteiger partial charge in [0.1, 0.15) is 23.6 Å². The largest absolute Gasteiger partial charge is 0.444 e. The maximum absolute atomic E-state index is 12.7. The minimum Gasteiger partial charge on any atom is -0.444 e. The maximum Gasteiger partial charge on any atom is 0.410 e. The molecule has 2 aliphatic rings. The number of H-pyrrole nitrogens is 1. The number of anilines is 2. The topological polar surface area (TPSA) is 248 Å². The predicted molar refractivity (Wildman–Crippen MR) is 281 cm³/mol. The number of pyridine rings is 2. The zero-order valence-electron chi connectivity index (χ0n) is 43.6. The van der Waals surface area contributed by atoms with Crippen LogP contribution >= 0.6 is 0 Å². The van der Waals surface area contributed by atoms with E-state index in [1.54, 1.807) is 14.3 Å². The van der Waals surface area contributed by atoms with E-state index >= 15 is 0 Å². The molecule has 1 saturated heterocycles. The summed E-state index contributed by atoms with van der Waals surface area (Å²) in [6, 6.07) is 9.44. The molecule has 1 amide bonds. The van der Waals surface area contributed by atoms with Crippen molar-refractivity contribution in [2.24, 2.45) is 0 Å². The van der Waals surface area contributed by atoms with Crippen LogP contribution in [0.3, 0.4) is 0 Å². The Labute approximate surface area is 425 Å². The Bertz CT molecular complexity index is 3200. The normalized spacial score (nSPS) is 15.6. The van der Waals surface area contributed by atoms with Gasteiger partial charge in [0.15, 0.2) is 23.3 Å². The molecule has 384 valence electrons. The van der Waals surface area contributed by atoms with E-state index in [2.05, 4.69) is 81.3 Å². The SMILES string of the molecule is Cc1cnc(NC2CCCCC2)nc1-c1c[nH]c2nc(-n3nnnc3C)ccc12.Cc1cnc(N[C@H]2CCCN(C(=O)OC(C)(C)C)C2)nc1-c1cn(COCC[Si](C)(C)C)c2nc(-n3nnnc3C)ccc12. The average molecular weight is 1010 g/mol. The Kier molecular flexibility index (Phi) is 14.9. The second-order valence-electron chi connectivity index (χ2n) is 21.3. The molecule has 8 aromatic heterocycles. The number of aryl methyl sites for hydroxylation is 4. The van der Waals surface area contributed by atoms with E-state index in [9.17, 15) is 4.79 Å². The summed E-state index contributed by atoms with van der Waals surface area (Å²) >= 11 is 0. The predicted octanol–water partition coefficient (Wildman–Crippen LogP) is 8.57. The first-order chi connectivity index (χ1) is 35.0. The third-order valence-corrected chi connectivity index (χ3v) is 14.6. The summed E-state index contributed by atoms with van der Waals surface area (Å²) < 4.78 is 17.0. The molecular formula is C50H67N19O3Si. The average Bonchev–Trinajstić information content (AvgIpc) is 4.17. The molecular weight excluding hydrogens is 943 g/mol. The van der Waals surface area contributed by atoms with Gasteiger partial charge in [0.2, 0.25) is 11.9 Å². The van der Waals surface area contributed by atoms with Gasteiger partial charge in [-0.15, -0.1) is 10.2 Å². The Morgan fingerprint density at radius 3 is 1.97 bits per heavy atom. The number of nitrogens with zero attached hydrogens (tertiary/aromatic N) is 16. The molecule has 2 fully saturated rings. The first-order valence-corrected chi connectivity index (χ1v) is 28.9. The molecule has 0 aromatic carbocycles. The highest BCUT2D eigenvalue weighted by atomic mass is 28.3. The number of carbonyl (C=O) groups excluding carboxylic acids is 1. The highest BCUT2D eigenvalue weighted by molar-refractivity contribution is 6.76. The van der Waals surface area contributed by atoms with Crippen molar-refractivity contribution in [1.29, 1.82) is 0 Å². The summed E-state index contributed by atoms with van der Waals surface area (Å²) in [7, 11) is -1.23. The third kappa shape index (κ3) is 12.2. The molecule has 10 rings (SSSR count). The van der Waals surface area contributed by atoms with Crippen LogP contribution in [-0.4, -0.2) is 136 Å². The molecule has 22 nitrogen and oxygen atoms in total. The Morgan fingerprint density at radius 2 is 1.36 bits per heavy atom. The number of hydrogen-bond acceptors (Lipinski definition) is 17. The fourth-order valence-electron chi connectivity index (χ4n) is 9.06. The van der Waals surface area contributed by atoms with Crippen LogP contribution in [0.5, 0.6) is 0 Å². The molecule has 73 heavy (non-hydrogen) atoms. The van der Waals surface area contributed by atoms with Gasteiger partial charge in [0, 0.05) is 86.5 Å². The molecule has 23 heteroatoms. The van der Waals surface area contributed by atoms with Crippen molar-refractivity contribution in [3.05, 3.63) is 71.8 Å². The van der Waals surface area contributed by atoms with Crippen LogP contribution < -0.4 is 10.6 Å². The number of rotatable bonds is 13. The van der Waals surface area contributed by atoms with Crippen LogP contribution in [-0.2, 0) is 16.2 Å². The van der Waals surface area contributed by atoms with Crippen LogP contribution in [0, 0.1) is 27.7 Å². The van der Waals surface area contributed by atoms with Crippen molar-refractivity contribution in [1.82, 2.24) is 84.8 Å². The zero-order chi connectivity index (χ0) is 51.4. The fourth-order valence-corrected chi connectivity index (χ4v) is 9.82. The lowest BCUT2D eigenvalue weighted by molar-refractivity contribution is 0.0206. The van der Waals surface area contributed by atoms with Gasteiger partial charge < -0.3 is 34.6 Å². The Hall–Kier alpha value is -7.27. The van der Waals surface area contributed by atoms with Gasteiger partial charge in [-0.25, -0.2) is 34.7 Å². The number of carbonyl (C=O) groups is 1. The highest BCUT2D eigenvalue weighted by Gasteiger charge is 2.29. The summed E-state index contributed by atoms with van der Waals surface area (Å²) in [5.41, 5.74) is 6.63. The fraction of sp³-hybridized carbons (Fsp3) is 0.500. The van der Waals surface area contributed by atoms with E-state index in [0.717, 1.165) is 74.6 Å². The van der Waals surface area contributed by atoms with Gasteiger partial charge >= 0.3 is 6.09 Å². The van der Waals surface area contributed by atoms with Gasteiger partial charge in [-0.1, -0.05) is 38.9 Å². The standard InChI is InChI=1S/C30H44N10O3Si.C20H23N9/c1-20-16-31-28(32-22-10-9-13-38(17-22)29(41)43-30(3,4)5)34-26(20)24-18-39(19-42-14-15-44(6,7)8)27-23(24)11-12-25(33-27)40-21(2)35-36-37-40;1-12-10-22-20(23-14-6-4-3-5-7-14)25-18(12)16-11-21-19-15(16)8-9-17(24-19)29-13(2)26-27-28-29/h11-12,16,18,22H,9-10,13-15,17,19H2,1-8H3,(H,31,32,34);8-11,14H,3-7H2,1-2H3,(H,21,24)(H,22,23,25)/t22-;/m0./s1. The third-order valence-electron chi connectivity index (χ3n) is 12.9. The maximum atomic E-state index is 12.7. The minimum atomic E-state index is -1.23. The number of aromatic nitrogens is 16. The van der Waals surface area contributed by atoms with Gasteiger partial charge in [-0.3, -0.25) is 0 Å². The minimum absolute atomic E-state index is 0.0108. The number of fused-ring (bicyclic) bond motifs is 2. The van der Waals surface area contributed by atoms with E-state index < -0.39 is 13.7 Å². The van der Waals surface area contributed by atoms with Gasteiger partial charge in [-0.05, 0) is 136 Å². The van der Waals surface area contributed by atoms with Crippen molar-refractivity contribution in [2.45, 2.75) is 144 Å². The number of nitrogens with one attached hydrogen (secondary N) is 3. The lowest BCUT2D eigenvalue weighted by atomic mass is 9.96. The quantitative estimate of drug-likeness (QED) is 0.0723. The molecule has 1 atom stereocenters. The molecule has 1 aliphatic carbocycles. The number of piperidine rings is 1. The van der Waals surface area contributed by atoms with Gasteiger partial charge in [0.25, 0.3) is 0 Å². The van der Waals surface area contributed by atoms with E-state index in [0.29, 0.717) is 67.7 Å². The summed E-state index contributed by atoms with van der Waals surface area (Å²) in [4.78, 5) is 46.3. The number of amides is 1. The second kappa shape index (κ2) is 21.4. The van der Waals surface area contributed by atoms with Crippen LogP contribution in [0.1, 0.15) is 88.5 Å². The van der Waals surface area contributed by atoms with Crippen LogP contribution in [0.25, 0.3) is 56.2 Å². The number of likely N-dealkylation sites (tertiary alicyclic amines) is 1. The molecule has 0 bridgehead atoms. The zero-order valence-corrected chi connectivity index (χ0v) is 44.6. The molecule has 9 heterocycles. The van der Waals surface area contributed by atoms with E-state index in [4.69, 9.17) is 24.4 Å². The van der Waals surface area contributed by atoms with Crippen molar-refractivity contribution in [3.8, 4) is 34.2 Å². The number of ether oxygens (including phenoxy) is 2. The molecule has 3 N–H and O–H groups in total. The number of aromatic amines is 1. The number of hydrogen-bond donors (Lipinski definition) is 3. The summed E-state index contributed by atoms with van der Waals surface area (Å²) in [5.74, 6) is 3.85. The first kappa shape index (κ1) is 50.7. The Balaban J connectivity index is 0.000000195. The van der Waals surface area contributed by atoms with Crippen molar-refractivity contribution in [2.75, 3.05) is 30.3 Å². The van der Waals surface area contributed by atoms with Crippen LogP contribution in [0.2, 0.25) is 25.7 Å². The first-order valence-electron chi connectivity index (χ1n) is 25.2. The smallest absolute Gasteiger partial charge is 0.410 e. The van der Waals surface area contributed by atoms with Gasteiger partial charge in [0.05, 0.1) is 11.4 Å². The lowest BCUT2D eigenvalue weighted by Crippen LogP contribution is -2.47. The van der Waals surface area contributed by atoms with E-state index in [1.165, 1.54) is 32.1 Å². The van der Waals surface area contributed by atoms with Crippen molar-refractivity contribution < 1.29 is 14.3 Å². The molecule has 0 unspecified atom stereocenters. The summed E-state index contributed by atoms with van der Waals surface area (Å²) in [6.45, 7) is 22.6.